The molecule has 5 heteroatoms. The van der Waals surface area contributed by atoms with E-state index in [4.69, 9.17) is 5.73 Å². The zero-order chi connectivity index (χ0) is 16.8. The van der Waals surface area contributed by atoms with E-state index in [9.17, 15) is 9.59 Å². The Bertz CT molecular complexity index is 559. The lowest BCUT2D eigenvalue weighted by Gasteiger charge is -2.31. The highest BCUT2D eigenvalue weighted by Gasteiger charge is 2.24. The van der Waals surface area contributed by atoms with Crippen LogP contribution in [0.1, 0.15) is 38.7 Å². The second kappa shape index (κ2) is 8.11. The molecule has 1 aromatic carbocycles. The number of benzene rings is 1. The average molecular weight is 317 g/mol. The van der Waals surface area contributed by atoms with Gasteiger partial charge in [0.15, 0.2) is 0 Å². The highest BCUT2D eigenvalue weighted by molar-refractivity contribution is 5.93. The van der Waals surface area contributed by atoms with Gasteiger partial charge in [0.25, 0.3) is 0 Å². The number of nitrogens with zero attached hydrogens (tertiary/aromatic N) is 1. The number of hydrogen-bond acceptors (Lipinski definition) is 3. The Morgan fingerprint density at radius 3 is 2.83 bits per heavy atom. The standard InChI is InChI=1S/C18H27N3O2/c1-3-13(2)18(23)20-16-9-5-4-7-14(16)11-21-10-6-8-15(12-21)17(19)22/h4-5,7,9,13,15H,3,6,8,10-12H2,1-2H3,(H2,19,22)(H,20,23). The first-order chi connectivity index (χ1) is 11.0. The van der Waals surface area contributed by atoms with Gasteiger partial charge in [-0.2, -0.15) is 0 Å². The molecule has 0 aromatic heterocycles. The number of hydrogen-bond donors (Lipinski definition) is 2. The number of carbonyl (C=O) groups is 2. The highest BCUT2D eigenvalue weighted by Crippen LogP contribution is 2.22. The van der Waals surface area contributed by atoms with Crippen molar-refractivity contribution in [3.8, 4) is 0 Å². The lowest BCUT2D eigenvalue weighted by molar-refractivity contribution is -0.123. The number of para-hydroxylation sites is 1. The van der Waals surface area contributed by atoms with Gasteiger partial charge in [0.1, 0.15) is 0 Å². The summed E-state index contributed by atoms with van der Waals surface area (Å²) in [5.41, 5.74) is 7.38. The first-order valence-corrected chi connectivity index (χ1v) is 8.41. The number of nitrogens with two attached hydrogens (primary N) is 1. The summed E-state index contributed by atoms with van der Waals surface area (Å²) in [6, 6.07) is 7.87. The molecule has 3 N–H and O–H groups in total. The van der Waals surface area contributed by atoms with Gasteiger partial charge in [-0.05, 0) is 37.4 Å². The fourth-order valence-corrected chi connectivity index (χ4v) is 2.89. The molecule has 1 heterocycles. The lowest BCUT2D eigenvalue weighted by Crippen LogP contribution is -2.40. The third-order valence-electron chi connectivity index (χ3n) is 4.64. The zero-order valence-electron chi connectivity index (χ0n) is 14.0. The maximum absolute atomic E-state index is 12.1. The molecule has 1 fully saturated rings. The number of carbonyl (C=O) groups excluding carboxylic acids is 2. The summed E-state index contributed by atoms with van der Waals surface area (Å²) in [6.07, 6.45) is 2.67. The molecule has 0 bridgehead atoms. The minimum atomic E-state index is -0.215. The van der Waals surface area contributed by atoms with Gasteiger partial charge >= 0.3 is 0 Å². The molecule has 126 valence electrons. The van der Waals surface area contributed by atoms with Crippen molar-refractivity contribution in [2.45, 2.75) is 39.7 Å². The van der Waals surface area contributed by atoms with Crippen molar-refractivity contribution in [1.82, 2.24) is 4.90 Å². The second-order valence-electron chi connectivity index (χ2n) is 6.43. The quantitative estimate of drug-likeness (QED) is 0.846. The Kier molecular flexibility index (Phi) is 6.16. The molecule has 5 nitrogen and oxygen atoms in total. The molecule has 1 saturated heterocycles. The molecule has 0 aliphatic carbocycles. The van der Waals surface area contributed by atoms with Crippen LogP contribution in [0.25, 0.3) is 0 Å². The summed E-state index contributed by atoms with van der Waals surface area (Å²) in [7, 11) is 0. The van der Waals surface area contributed by atoms with Gasteiger partial charge in [-0.1, -0.05) is 32.0 Å². The Labute approximate surface area is 138 Å². The van der Waals surface area contributed by atoms with Gasteiger partial charge < -0.3 is 11.1 Å². The molecule has 0 saturated carbocycles. The molecule has 2 atom stereocenters. The molecular formula is C18H27N3O2. The molecule has 1 aromatic rings. The largest absolute Gasteiger partial charge is 0.369 e. The van der Waals surface area contributed by atoms with Gasteiger partial charge in [-0.3, -0.25) is 14.5 Å². The Hall–Kier alpha value is -1.88. The van der Waals surface area contributed by atoms with Crippen molar-refractivity contribution in [1.29, 1.82) is 0 Å². The number of piperidine rings is 1. The summed E-state index contributed by atoms with van der Waals surface area (Å²) in [5, 5.41) is 3.03. The number of primary amides is 1. The minimum Gasteiger partial charge on any atom is -0.369 e. The summed E-state index contributed by atoms with van der Waals surface area (Å²) >= 11 is 0. The van der Waals surface area contributed by atoms with E-state index in [1.54, 1.807) is 0 Å². The average Bonchev–Trinajstić information content (AvgIpc) is 2.56. The van der Waals surface area contributed by atoms with Crippen LogP contribution in [0.15, 0.2) is 24.3 Å². The van der Waals surface area contributed by atoms with Crippen LogP contribution >= 0.6 is 0 Å². The first kappa shape index (κ1) is 17.5. The van der Waals surface area contributed by atoms with Gasteiger partial charge in [0, 0.05) is 24.7 Å². The van der Waals surface area contributed by atoms with Crippen LogP contribution in [0.5, 0.6) is 0 Å². The van der Waals surface area contributed by atoms with Gasteiger partial charge in [0.05, 0.1) is 5.92 Å². The van der Waals surface area contributed by atoms with E-state index < -0.39 is 0 Å². The van der Waals surface area contributed by atoms with Crippen molar-refractivity contribution >= 4 is 17.5 Å². The predicted molar refractivity (Wildman–Crippen MR) is 91.7 cm³/mol. The van der Waals surface area contributed by atoms with Crippen LogP contribution in [0.3, 0.4) is 0 Å². The van der Waals surface area contributed by atoms with Crippen LogP contribution in [0, 0.1) is 11.8 Å². The molecular weight excluding hydrogens is 290 g/mol. The van der Waals surface area contributed by atoms with Crippen molar-refractivity contribution in [3.63, 3.8) is 0 Å². The van der Waals surface area contributed by atoms with E-state index in [1.165, 1.54) is 0 Å². The van der Waals surface area contributed by atoms with Crippen molar-refractivity contribution in [3.05, 3.63) is 29.8 Å². The van der Waals surface area contributed by atoms with Crippen molar-refractivity contribution in [2.24, 2.45) is 17.6 Å². The molecule has 1 aliphatic heterocycles. The number of nitrogens with one attached hydrogen (secondary N) is 1. The molecule has 0 radical (unpaired) electrons. The van der Waals surface area contributed by atoms with Gasteiger partial charge in [0.2, 0.25) is 11.8 Å². The Morgan fingerprint density at radius 2 is 2.13 bits per heavy atom. The fraction of sp³-hybridized carbons (Fsp3) is 0.556. The highest BCUT2D eigenvalue weighted by atomic mass is 16.2. The topological polar surface area (TPSA) is 75.4 Å². The van der Waals surface area contributed by atoms with Gasteiger partial charge in [-0.25, -0.2) is 0 Å². The fourth-order valence-electron chi connectivity index (χ4n) is 2.89. The maximum atomic E-state index is 12.1. The van der Waals surface area contributed by atoms with Crippen molar-refractivity contribution in [2.75, 3.05) is 18.4 Å². The van der Waals surface area contributed by atoms with Crippen molar-refractivity contribution < 1.29 is 9.59 Å². The van der Waals surface area contributed by atoms with Crippen LogP contribution in [0.2, 0.25) is 0 Å². The summed E-state index contributed by atoms with van der Waals surface area (Å²) < 4.78 is 0. The van der Waals surface area contributed by atoms with Crippen LogP contribution in [-0.4, -0.2) is 29.8 Å². The minimum absolute atomic E-state index is 0.00251. The first-order valence-electron chi connectivity index (χ1n) is 8.41. The van der Waals surface area contributed by atoms with Gasteiger partial charge in [-0.15, -0.1) is 0 Å². The maximum Gasteiger partial charge on any atom is 0.227 e. The third-order valence-corrected chi connectivity index (χ3v) is 4.64. The van der Waals surface area contributed by atoms with Crippen LogP contribution in [0.4, 0.5) is 5.69 Å². The van der Waals surface area contributed by atoms with Crippen LogP contribution in [-0.2, 0) is 16.1 Å². The number of likely N-dealkylation sites (tertiary alicyclic amines) is 1. The van der Waals surface area contributed by atoms with E-state index in [-0.39, 0.29) is 23.7 Å². The Balaban J connectivity index is 2.05. The monoisotopic (exact) mass is 317 g/mol. The molecule has 0 spiro atoms. The summed E-state index contributed by atoms with van der Waals surface area (Å²) in [6.45, 7) is 6.31. The molecule has 2 amide bonds. The third kappa shape index (κ3) is 4.79. The summed E-state index contributed by atoms with van der Waals surface area (Å²) in [5.74, 6) is -0.232. The zero-order valence-corrected chi connectivity index (χ0v) is 14.0. The van der Waals surface area contributed by atoms with E-state index >= 15 is 0 Å². The SMILES string of the molecule is CCC(C)C(=O)Nc1ccccc1CN1CCCC(C(N)=O)C1. The van der Waals surface area contributed by atoms with E-state index in [0.29, 0.717) is 6.54 Å². The smallest absolute Gasteiger partial charge is 0.227 e. The van der Waals surface area contributed by atoms with Crippen LogP contribution < -0.4 is 11.1 Å². The lowest BCUT2D eigenvalue weighted by atomic mass is 9.97. The molecule has 2 rings (SSSR count). The van der Waals surface area contributed by atoms with E-state index in [0.717, 1.165) is 43.6 Å². The second-order valence-corrected chi connectivity index (χ2v) is 6.43. The number of anilines is 1. The van der Waals surface area contributed by atoms with E-state index in [1.807, 2.05) is 38.1 Å². The normalized spacial score (nSPS) is 20.0. The summed E-state index contributed by atoms with van der Waals surface area (Å²) in [4.78, 5) is 25.8. The molecule has 2 unspecified atom stereocenters. The predicted octanol–water partition coefficient (Wildman–Crippen LogP) is 2.37. The number of amides is 2. The Morgan fingerprint density at radius 1 is 1.39 bits per heavy atom. The van der Waals surface area contributed by atoms with E-state index in [2.05, 4.69) is 10.2 Å². The number of rotatable bonds is 6. The molecule has 1 aliphatic rings. The molecule has 23 heavy (non-hydrogen) atoms.